The Morgan fingerprint density at radius 3 is 2.92 bits per heavy atom. The van der Waals surface area contributed by atoms with E-state index in [1.807, 2.05) is 18.3 Å². The van der Waals surface area contributed by atoms with Crippen LogP contribution in [0.25, 0.3) is 0 Å². The maximum Gasteiger partial charge on any atom is 0.0570 e. The minimum Gasteiger partial charge on any atom is -0.314 e. The number of nitrogens with one attached hydrogen (secondary N) is 2. The highest BCUT2D eigenvalue weighted by Crippen LogP contribution is 2.09. The van der Waals surface area contributed by atoms with Crippen LogP contribution in [-0.2, 0) is 0 Å². The molecular formula is C10H15N3. The second-order valence-electron chi connectivity index (χ2n) is 3.50. The maximum absolute atomic E-state index is 4.31. The van der Waals surface area contributed by atoms with Gasteiger partial charge in [-0.3, -0.25) is 4.98 Å². The van der Waals surface area contributed by atoms with E-state index in [0.29, 0.717) is 12.1 Å². The van der Waals surface area contributed by atoms with Crippen molar-refractivity contribution in [3.63, 3.8) is 0 Å². The van der Waals surface area contributed by atoms with E-state index < -0.39 is 0 Å². The first kappa shape index (κ1) is 8.66. The molecule has 2 heterocycles. The van der Waals surface area contributed by atoms with Gasteiger partial charge in [0.15, 0.2) is 0 Å². The van der Waals surface area contributed by atoms with Crippen molar-refractivity contribution in [3.05, 3.63) is 30.1 Å². The first-order valence-electron chi connectivity index (χ1n) is 4.74. The molecule has 70 valence electrons. The van der Waals surface area contributed by atoms with Crippen LogP contribution in [-0.4, -0.2) is 24.1 Å². The van der Waals surface area contributed by atoms with Crippen molar-refractivity contribution in [1.82, 2.24) is 15.6 Å². The molecule has 1 saturated heterocycles. The summed E-state index contributed by atoms with van der Waals surface area (Å²) < 4.78 is 0. The second-order valence-corrected chi connectivity index (χ2v) is 3.50. The van der Waals surface area contributed by atoms with E-state index in [1.54, 1.807) is 0 Å². The Bertz CT molecular complexity index is 256. The van der Waals surface area contributed by atoms with Gasteiger partial charge in [0.1, 0.15) is 0 Å². The molecule has 0 bridgehead atoms. The Labute approximate surface area is 78.6 Å². The van der Waals surface area contributed by atoms with E-state index >= 15 is 0 Å². The average Bonchev–Trinajstić information content (AvgIpc) is 2.12. The van der Waals surface area contributed by atoms with Crippen molar-refractivity contribution in [2.24, 2.45) is 0 Å². The van der Waals surface area contributed by atoms with Crippen LogP contribution >= 0.6 is 0 Å². The Morgan fingerprint density at radius 2 is 2.38 bits per heavy atom. The van der Waals surface area contributed by atoms with Gasteiger partial charge in [-0.15, -0.1) is 0 Å². The number of rotatable bonds is 3. The molecule has 1 unspecified atom stereocenters. The molecule has 0 amide bonds. The van der Waals surface area contributed by atoms with Gasteiger partial charge in [-0.1, -0.05) is 6.07 Å². The molecular weight excluding hydrogens is 162 g/mol. The smallest absolute Gasteiger partial charge is 0.0570 e. The molecule has 3 heteroatoms. The van der Waals surface area contributed by atoms with Crippen LogP contribution in [0, 0.1) is 0 Å². The van der Waals surface area contributed by atoms with Crippen LogP contribution in [0.3, 0.4) is 0 Å². The van der Waals surface area contributed by atoms with E-state index in [2.05, 4.69) is 28.6 Å². The molecule has 2 rings (SSSR count). The van der Waals surface area contributed by atoms with Crippen LogP contribution in [0.4, 0.5) is 0 Å². The van der Waals surface area contributed by atoms with Gasteiger partial charge in [0.2, 0.25) is 0 Å². The summed E-state index contributed by atoms with van der Waals surface area (Å²) in [4.78, 5) is 4.31. The summed E-state index contributed by atoms with van der Waals surface area (Å²) in [6.07, 6.45) is 1.84. The molecule has 1 aromatic heterocycles. The van der Waals surface area contributed by atoms with E-state index in [9.17, 15) is 0 Å². The molecule has 0 saturated carbocycles. The highest BCUT2D eigenvalue weighted by Gasteiger charge is 2.19. The third kappa shape index (κ3) is 2.05. The van der Waals surface area contributed by atoms with Gasteiger partial charge in [-0.25, -0.2) is 0 Å². The Balaban J connectivity index is 1.92. The van der Waals surface area contributed by atoms with Gasteiger partial charge in [0, 0.05) is 31.4 Å². The summed E-state index contributed by atoms with van der Waals surface area (Å²) in [5, 5.41) is 6.74. The zero-order chi connectivity index (χ0) is 9.10. The van der Waals surface area contributed by atoms with Crippen LogP contribution in [0.15, 0.2) is 24.4 Å². The van der Waals surface area contributed by atoms with Gasteiger partial charge in [0.25, 0.3) is 0 Å². The molecule has 1 aliphatic heterocycles. The molecule has 0 radical (unpaired) electrons. The maximum atomic E-state index is 4.31. The fourth-order valence-electron chi connectivity index (χ4n) is 1.48. The summed E-state index contributed by atoms with van der Waals surface area (Å²) in [6, 6.07) is 7.01. The Morgan fingerprint density at radius 1 is 1.54 bits per heavy atom. The standard InChI is InChI=1S/C10H15N3/c1-8(13-9-6-11-7-9)10-4-2-3-5-12-10/h2-5,8-9,11,13H,6-7H2,1H3. The normalized spacial score (nSPS) is 19.5. The summed E-state index contributed by atoms with van der Waals surface area (Å²) in [5.41, 5.74) is 1.12. The minimum atomic E-state index is 0.355. The quantitative estimate of drug-likeness (QED) is 0.713. The lowest BCUT2D eigenvalue weighted by Crippen LogP contribution is -2.55. The molecule has 1 fully saturated rings. The van der Waals surface area contributed by atoms with Crippen LogP contribution < -0.4 is 10.6 Å². The van der Waals surface area contributed by atoms with E-state index in [4.69, 9.17) is 0 Å². The Hall–Kier alpha value is -0.930. The monoisotopic (exact) mass is 177 g/mol. The van der Waals surface area contributed by atoms with E-state index in [1.165, 1.54) is 0 Å². The molecule has 2 N–H and O–H groups in total. The minimum absolute atomic E-state index is 0.355. The van der Waals surface area contributed by atoms with E-state index in [0.717, 1.165) is 18.8 Å². The largest absolute Gasteiger partial charge is 0.314 e. The van der Waals surface area contributed by atoms with Gasteiger partial charge < -0.3 is 10.6 Å². The summed E-state index contributed by atoms with van der Waals surface area (Å²) >= 11 is 0. The molecule has 1 atom stereocenters. The predicted octanol–water partition coefficient (Wildman–Crippen LogP) is 0.704. The Kier molecular flexibility index (Phi) is 2.57. The average molecular weight is 177 g/mol. The predicted molar refractivity (Wildman–Crippen MR) is 52.4 cm³/mol. The molecule has 1 aliphatic rings. The zero-order valence-electron chi connectivity index (χ0n) is 7.83. The van der Waals surface area contributed by atoms with Gasteiger partial charge in [-0.05, 0) is 19.1 Å². The molecule has 0 aliphatic carbocycles. The number of nitrogens with zero attached hydrogens (tertiary/aromatic N) is 1. The summed E-state index contributed by atoms with van der Waals surface area (Å²) in [5.74, 6) is 0. The van der Waals surface area contributed by atoms with Crippen molar-refractivity contribution < 1.29 is 0 Å². The highest BCUT2D eigenvalue weighted by molar-refractivity contribution is 5.08. The van der Waals surface area contributed by atoms with Crippen molar-refractivity contribution >= 4 is 0 Å². The number of hydrogen-bond acceptors (Lipinski definition) is 3. The van der Waals surface area contributed by atoms with Crippen LogP contribution in [0.2, 0.25) is 0 Å². The highest BCUT2D eigenvalue weighted by atomic mass is 15.1. The van der Waals surface area contributed by atoms with Crippen molar-refractivity contribution in [2.75, 3.05) is 13.1 Å². The molecule has 3 nitrogen and oxygen atoms in total. The van der Waals surface area contributed by atoms with Crippen molar-refractivity contribution in [1.29, 1.82) is 0 Å². The fraction of sp³-hybridized carbons (Fsp3) is 0.500. The number of pyridine rings is 1. The van der Waals surface area contributed by atoms with Gasteiger partial charge in [0.05, 0.1) is 5.69 Å². The third-order valence-electron chi connectivity index (χ3n) is 2.40. The number of aromatic nitrogens is 1. The van der Waals surface area contributed by atoms with Crippen LogP contribution in [0.5, 0.6) is 0 Å². The first-order chi connectivity index (χ1) is 6.36. The fourth-order valence-corrected chi connectivity index (χ4v) is 1.48. The summed E-state index contributed by atoms with van der Waals surface area (Å²) in [7, 11) is 0. The van der Waals surface area contributed by atoms with E-state index in [-0.39, 0.29) is 0 Å². The summed E-state index contributed by atoms with van der Waals surface area (Å²) in [6.45, 7) is 4.31. The lowest BCUT2D eigenvalue weighted by atomic mass is 10.1. The SMILES string of the molecule is CC(NC1CNC1)c1ccccn1. The molecule has 13 heavy (non-hydrogen) atoms. The topological polar surface area (TPSA) is 37.0 Å². The third-order valence-corrected chi connectivity index (χ3v) is 2.40. The van der Waals surface area contributed by atoms with Crippen molar-refractivity contribution in [3.8, 4) is 0 Å². The zero-order valence-corrected chi connectivity index (χ0v) is 7.83. The van der Waals surface area contributed by atoms with Crippen LogP contribution in [0.1, 0.15) is 18.7 Å². The lowest BCUT2D eigenvalue weighted by Gasteiger charge is -2.30. The van der Waals surface area contributed by atoms with Gasteiger partial charge >= 0.3 is 0 Å². The number of hydrogen-bond donors (Lipinski definition) is 2. The molecule has 0 aromatic carbocycles. The van der Waals surface area contributed by atoms with Crippen molar-refractivity contribution in [2.45, 2.75) is 19.0 Å². The molecule has 1 aromatic rings. The second kappa shape index (κ2) is 3.85. The molecule has 0 spiro atoms. The van der Waals surface area contributed by atoms with Gasteiger partial charge in [-0.2, -0.15) is 0 Å². The first-order valence-corrected chi connectivity index (χ1v) is 4.74. The lowest BCUT2D eigenvalue weighted by molar-refractivity contribution is 0.336.